The first-order chi connectivity index (χ1) is 11.7. The number of carbonyl (C=O) groups is 1. The molecule has 0 amide bonds. The molecule has 0 aliphatic carbocycles. The molecule has 0 atom stereocenters. The van der Waals surface area contributed by atoms with E-state index < -0.39 is 0 Å². The van der Waals surface area contributed by atoms with Crippen LogP contribution in [0.15, 0.2) is 30.5 Å². The molecule has 2 heterocycles. The monoisotopic (exact) mass is 324 g/mol. The van der Waals surface area contributed by atoms with Gasteiger partial charge < -0.3 is 10.6 Å². The summed E-state index contributed by atoms with van der Waals surface area (Å²) in [6, 6.07) is 7.96. The van der Waals surface area contributed by atoms with Gasteiger partial charge in [-0.2, -0.15) is 0 Å². The number of Topliss-reactive ketones (excluding diaryl/α,β-unsaturated/α-hetero) is 1. The van der Waals surface area contributed by atoms with Crippen LogP contribution in [0, 0.1) is 0 Å². The van der Waals surface area contributed by atoms with Gasteiger partial charge in [-0.25, -0.2) is 9.97 Å². The molecular formula is C19H24N4O. The Morgan fingerprint density at radius 1 is 1.33 bits per heavy atom. The highest BCUT2D eigenvalue weighted by Gasteiger charge is 2.19. The van der Waals surface area contributed by atoms with Crippen LogP contribution in [-0.2, 0) is 13.0 Å². The minimum Gasteiger partial charge on any atom is -0.368 e. The number of hydrogen-bond donors (Lipinski definition) is 1. The third kappa shape index (κ3) is 3.72. The van der Waals surface area contributed by atoms with Crippen LogP contribution in [0.2, 0.25) is 0 Å². The summed E-state index contributed by atoms with van der Waals surface area (Å²) in [5.74, 6) is 0.570. The van der Waals surface area contributed by atoms with Gasteiger partial charge in [0.2, 0.25) is 5.95 Å². The van der Waals surface area contributed by atoms with Crippen molar-refractivity contribution in [3.63, 3.8) is 0 Å². The topological polar surface area (TPSA) is 72.1 Å². The molecule has 1 aromatic carbocycles. The van der Waals surface area contributed by atoms with Gasteiger partial charge in [-0.15, -0.1) is 0 Å². The number of benzene rings is 1. The molecule has 126 valence electrons. The number of hydrogen-bond acceptors (Lipinski definition) is 5. The Morgan fingerprint density at radius 2 is 2.21 bits per heavy atom. The van der Waals surface area contributed by atoms with Crippen molar-refractivity contribution in [2.24, 2.45) is 0 Å². The van der Waals surface area contributed by atoms with E-state index in [2.05, 4.69) is 27.9 Å². The highest BCUT2D eigenvalue weighted by molar-refractivity contribution is 5.96. The number of anilines is 2. The van der Waals surface area contributed by atoms with E-state index in [4.69, 9.17) is 5.73 Å². The number of aromatic nitrogens is 2. The van der Waals surface area contributed by atoms with Crippen LogP contribution < -0.4 is 10.6 Å². The predicted molar refractivity (Wildman–Crippen MR) is 96.1 cm³/mol. The largest absolute Gasteiger partial charge is 0.368 e. The average Bonchev–Trinajstić information content (AvgIpc) is 2.61. The lowest BCUT2D eigenvalue weighted by molar-refractivity contribution is 0.0979. The van der Waals surface area contributed by atoms with Crippen LogP contribution in [0.3, 0.4) is 0 Å². The van der Waals surface area contributed by atoms with Crippen molar-refractivity contribution in [2.45, 2.75) is 45.6 Å². The molecule has 24 heavy (non-hydrogen) atoms. The van der Waals surface area contributed by atoms with Gasteiger partial charge in [0.25, 0.3) is 0 Å². The van der Waals surface area contributed by atoms with Crippen molar-refractivity contribution < 1.29 is 4.79 Å². The quantitative estimate of drug-likeness (QED) is 0.651. The fourth-order valence-electron chi connectivity index (χ4n) is 3.11. The van der Waals surface area contributed by atoms with E-state index in [0.717, 1.165) is 61.3 Å². The van der Waals surface area contributed by atoms with Crippen molar-refractivity contribution in [1.29, 1.82) is 0 Å². The highest BCUT2D eigenvalue weighted by atomic mass is 16.1. The Kier molecular flexibility index (Phi) is 5.08. The number of nitrogens with two attached hydrogens (primary N) is 1. The van der Waals surface area contributed by atoms with Crippen LogP contribution in [0.25, 0.3) is 0 Å². The van der Waals surface area contributed by atoms with Crippen molar-refractivity contribution in [1.82, 2.24) is 9.97 Å². The van der Waals surface area contributed by atoms with Crippen LogP contribution in [0.1, 0.15) is 54.2 Å². The highest BCUT2D eigenvalue weighted by Crippen LogP contribution is 2.25. The average molecular weight is 324 g/mol. The molecule has 1 aliphatic rings. The van der Waals surface area contributed by atoms with Crippen molar-refractivity contribution in [3.8, 4) is 0 Å². The number of nitrogen functional groups attached to an aromatic ring is 1. The molecule has 2 N–H and O–H groups in total. The molecule has 1 aromatic heterocycles. The van der Waals surface area contributed by atoms with Crippen LogP contribution in [0.5, 0.6) is 0 Å². The van der Waals surface area contributed by atoms with Gasteiger partial charge >= 0.3 is 0 Å². The van der Waals surface area contributed by atoms with Gasteiger partial charge in [-0.1, -0.05) is 31.9 Å². The first-order valence-electron chi connectivity index (χ1n) is 8.66. The molecule has 1 aliphatic heterocycles. The van der Waals surface area contributed by atoms with E-state index in [9.17, 15) is 4.79 Å². The Hall–Kier alpha value is -2.43. The fraction of sp³-hybridized carbons (Fsp3) is 0.421. The number of unbranched alkanes of at least 4 members (excludes halogenated alkanes) is 2. The summed E-state index contributed by atoms with van der Waals surface area (Å²) in [5.41, 5.74) is 9.69. The first kappa shape index (κ1) is 16.4. The number of rotatable bonds is 6. The summed E-state index contributed by atoms with van der Waals surface area (Å²) in [5, 5.41) is 0. The van der Waals surface area contributed by atoms with Gasteiger partial charge in [0.15, 0.2) is 5.78 Å². The summed E-state index contributed by atoms with van der Waals surface area (Å²) in [7, 11) is 0. The maximum atomic E-state index is 12.3. The Bertz CT molecular complexity index is 729. The summed E-state index contributed by atoms with van der Waals surface area (Å²) in [6.45, 7) is 3.77. The smallest absolute Gasteiger partial charge is 0.220 e. The molecule has 0 fully saturated rings. The molecule has 5 nitrogen and oxygen atoms in total. The van der Waals surface area contributed by atoms with E-state index in [1.165, 1.54) is 0 Å². The second-order valence-corrected chi connectivity index (χ2v) is 6.30. The van der Waals surface area contributed by atoms with E-state index in [1.54, 1.807) is 0 Å². The van der Waals surface area contributed by atoms with Crippen LogP contribution in [-0.4, -0.2) is 22.3 Å². The van der Waals surface area contributed by atoms with Crippen LogP contribution >= 0.6 is 0 Å². The molecule has 0 radical (unpaired) electrons. The predicted octanol–water partition coefficient (Wildman–Crippen LogP) is 3.38. The third-order valence-corrected chi connectivity index (χ3v) is 4.49. The summed E-state index contributed by atoms with van der Waals surface area (Å²) >= 11 is 0. The zero-order valence-corrected chi connectivity index (χ0v) is 14.2. The lowest BCUT2D eigenvalue weighted by Gasteiger charge is -2.30. The number of ketones is 1. The van der Waals surface area contributed by atoms with Crippen LogP contribution in [0.4, 0.5) is 11.6 Å². The summed E-state index contributed by atoms with van der Waals surface area (Å²) in [4.78, 5) is 23.0. The van der Waals surface area contributed by atoms with E-state index >= 15 is 0 Å². The third-order valence-electron chi connectivity index (χ3n) is 4.49. The van der Waals surface area contributed by atoms with Crippen molar-refractivity contribution in [3.05, 3.63) is 47.3 Å². The van der Waals surface area contributed by atoms with Gasteiger partial charge in [-0.3, -0.25) is 4.79 Å². The van der Waals surface area contributed by atoms with Gasteiger partial charge in [0, 0.05) is 48.9 Å². The summed E-state index contributed by atoms with van der Waals surface area (Å²) in [6.07, 6.45) is 6.49. The SMILES string of the molecule is CCCCCC(=O)c1cccc(N2CCc3nc(N)ncc3C2)c1. The van der Waals surface area contributed by atoms with Crippen molar-refractivity contribution >= 4 is 17.4 Å². The second-order valence-electron chi connectivity index (χ2n) is 6.30. The summed E-state index contributed by atoms with van der Waals surface area (Å²) < 4.78 is 0. The molecule has 0 bridgehead atoms. The number of carbonyl (C=O) groups excluding carboxylic acids is 1. The molecular weight excluding hydrogens is 300 g/mol. The van der Waals surface area contributed by atoms with Gasteiger partial charge in [-0.05, 0) is 18.6 Å². The molecule has 5 heteroatoms. The minimum atomic E-state index is 0.235. The Labute approximate surface area is 142 Å². The second kappa shape index (κ2) is 7.43. The van der Waals surface area contributed by atoms with E-state index in [0.29, 0.717) is 12.4 Å². The fourth-order valence-corrected chi connectivity index (χ4v) is 3.11. The molecule has 0 saturated carbocycles. The standard InChI is InChI=1S/C19H24N4O/c1-2-3-4-8-18(24)14-6-5-7-16(11-14)23-10-9-17-15(13-23)12-21-19(20)22-17/h5-7,11-12H,2-4,8-10,13H2,1H3,(H2,20,21,22). The van der Waals surface area contributed by atoms with E-state index in [1.807, 2.05) is 24.4 Å². The lowest BCUT2D eigenvalue weighted by Crippen LogP contribution is -2.31. The first-order valence-corrected chi connectivity index (χ1v) is 8.66. The normalized spacial score (nSPS) is 13.6. The minimum absolute atomic E-state index is 0.235. The lowest BCUT2D eigenvalue weighted by atomic mass is 10.0. The molecule has 0 saturated heterocycles. The molecule has 0 spiro atoms. The van der Waals surface area contributed by atoms with Crippen molar-refractivity contribution in [2.75, 3.05) is 17.2 Å². The van der Waals surface area contributed by atoms with Gasteiger partial charge in [0.1, 0.15) is 0 Å². The van der Waals surface area contributed by atoms with E-state index in [-0.39, 0.29) is 5.78 Å². The maximum Gasteiger partial charge on any atom is 0.220 e. The Morgan fingerprint density at radius 3 is 3.04 bits per heavy atom. The zero-order valence-electron chi connectivity index (χ0n) is 14.2. The molecule has 0 unspecified atom stereocenters. The molecule has 2 aromatic rings. The Balaban J connectivity index is 1.72. The zero-order chi connectivity index (χ0) is 16.9. The molecule has 3 rings (SSSR count). The number of fused-ring (bicyclic) bond motifs is 1. The number of nitrogens with zero attached hydrogens (tertiary/aromatic N) is 3. The maximum absolute atomic E-state index is 12.3. The van der Waals surface area contributed by atoms with Gasteiger partial charge in [0.05, 0.1) is 5.69 Å².